The van der Waals surface area contributed by atoms with Crippen molar-refractivity contribution >= 4 is 38.3 Å². The van der Waals surface area contributed by atoms with Crippen molar-refractivity contribution in [1.82, 2.24) is 24.2 Å². The van der Waals surface area contributed by atoms with Gasteiger partial charge in [-0.05, 0) is 31.2 Å². The number of aromatic amines is 1. The zero-order valence-electron chi connectivity index (χ0n) is 16.6. The van der Waals surface area contributed by atoms with E-state index in [0.29, 0.717) is 40.6 Å². The van der Waals surface area contributed by atoms with Gasteiger partial charge in [0.15, 0.2) is 10.8 Å². The Hall–Kier alpha value is -3.02. The van der Waals surface area contributed by atoms with Gasteiger partial charge in [-0.15, -0.1) is 11.3 Å². The van der Waals surface area contributed by atoms with Crippen LogP contribution in [-0.4, -0.2) is 64.7 Å². The van der Waals surface area contributed by atoms with Gasteiger partial charge < -0.3 is 14.3 Å². The maximum Gasteiger partial charge on any atom is 0.273 e. The number of fused-ring (bicyclic) bond motifs is 1. The van der Waals surface area contributed by atoms with E-state index in [1.165, 1.54) is 21.8 Å². The van der Waals surface area contributed by atoms with E-state index in [9.17, 15) is 13.2 Å². The normalized spacial score (nSPS) is 15.6. The SMILES string of the molecule is Cc1sc(-c2ccco2)nc1C(=O)N1CCN(S(=O)(=O)c2c[nH]c3ncccc23)CC1. The second-order valence-electron chi connectivity index (χ2n) is 7.15. The maximum atomic E-state index is 13.2. The quantitative estimate of drug-likeness (QED) is 0.504. The fourth-order valence-electron chi connectivity index (χ4n) is 3.67. The van der Waals surface area contributed by atoms with Crippen molar-refractivity contribution in [3.8, 4) is 10.8 Å². The van der Waals surface area contributed by atoms with Gasteiger partial charge in [0.25, 0.3) is 5.91 Å². The monoisotopic (exact) mass is 457 g/mol. The number of rotatable bonds is 4. The molecular formula is C20H19N5O4S2. The Bertz CT molecular complexity index is 1350. The molecule has 4 aromatic heterocycles. The van der Waals surface area contributed by atoms with Gasteiger partial charge in [0.1, 0.15) is 16.2 Å². The van der Waals surface area contributed by atoms with E-state index in [1.54, 1.807) is 41.6 Å². The first-order valence-electron chi connectivity index (χ1n) is 9.68. The van der Waals surface area contributed by atoms with Gasteiger partial charge in [-0.3, -0.25) is 4.79 Å². The number of hydrogen-bond acceptors (Lipinski definition) is 7. The number of pyridine rings is 1. The van der Waals surface area contributed by atoms with E-state index in [4.69, 9.17) is 4.42 Å². The molecule has 0 spiro atoms. The summed E-state index contributed by atoms with van der Waals surface area (Å²) in [7, 11) is -3.69. The molecule has 5 heterocycles. The summed E-state index contributed by atoms with van der Waals surface area (Å²) in [5.41, 5.74) is 0.914. The number of furan rings is 1. The Morgan fingerprint density at radius 2 is 2.00 bits per heavy atom. The fraction of sp³-hybridized carbons (Fsp3) is 0.250. The van der Waals surface area contributed by atoms with E-state index in [0.717, 1.165) is 4.88 Å². The van der Waals surface area contributed by atoms with Gasteiger partial charge in [-0.2, -0.15) is 4.31 Å². The van der Waals surface area contributed by atoms with Crippen LogP contribution in [0.25, 0.3) is 21.8 Å². The number of hydrogen-bond donors (Lipinski definition) is 1. The number of sulfonamides is 1. The molecule has 11 heteroatoms. The summed E-state index contributed by atoms with van der Waals surface area (Å²) in [5.74, 6) is 0.427. The minimum absolute atomic E-state index is 0.195. The molecule has 0 bridgehead atoms. The molecule has 1 saturated heterocycles. The summed E-state index contributed by atoms with van der Waals surface area (Å²) in [6, 6.07) is 7.01. The molecule has 4 aromatic rings. The third kappa shape index (κ3) is 3.44. The molecule has 1 fully saturated rings. The number of thiazole rings is 1. The van der Waals surface area contributed by atoms with Crippen molar-refractivity contribution in [3.63, 3.8) is 0 Å². The van der Waals surface area contributed by atoms with Crippen LogP contribution < -0.4 is 0 Å². The molecule has 5 rings (SSSR count). The van der Waals surface area contributed by atoms with E-state index in [-0.39, 0.29) is 23.9 Å². The van der Waals surface area contributed by atoms with Gasteiger partial charge in [0.05, 0.1) is 6.26 Å². The van der Waals surface area contributed by atoms with E-state index >= 15 is 0 Å². The standard InChI is InChI=1S/C20H19N5O4S2/c1-13-17(23-19(30-13)15-5-3-11-29-15)20(26)24-7-9-25(10-8-24)31(27,28)16-12-22-18-14(16)4-2-6-21-18/h2-6,11-12H,7-10H2,1H3,(H,21,22). The Labute approximate surface area is 182 Å². The van der Waals surface area contributed by atoms with Crippen molar-refractivity contribution < 1.29 is 17.6 Å². The number of aromatic nitrogens is 3. The number of nitrogens with one attached hydrogen (secondary N) is 1. The van der Waals surface area contributed by atoms with Crippen molar-refractivity contribution in [2.24, 2.45) is 0 Å². The summed E-state index contributed by atoms with van der Waals surface area (Å²) < 4.78 is 33.1. The molecule has 0 aromatic carbocycles. The highest BCUT2D eigenvalue weighted by Crippen LogP contribution is 2.29. The largest absolute Gasteiger partial charge is 0.462 e. The highest BCUT2D eigenvalue weighted by Gasteiger charge is 2.33. The van der Waals surface area contributed by atoms with Crippen LogP contribution in [-0.2, 0) is 10.0 Å². The number of amides is 1. The summed E-state index contributed by atoms with van der Waals surface area (Å²) in [5, 5.41) is 1.21. The first-order valence-corrected chi connectivity index (χ1v) is 11.9. The number of carbonyl (C=O) groups is 1. The van der Waals surface area contributed by atoms with Gasteiger partial charge in [-0.1, -0.05) is 0 Å². The smallest absolute Gasteiger partial charge is 0.273 e. The molecular weight excluding hydrogens is 438 g/mol. The minimum atomic E-state index is -3.69. The Kier molecular flexibility index (Phi) is 4.88. The van der Waals surface area contributed by atoms with E-state index in [1.807, 2.05) is 6.92 Å². The lowest BCUT2D eigenvalue weighted by Gasteiger charge is -2.33. The molecule has 9 nitrogen and oxygen atoms in total. The number of piperazine rings is 1. The number of aryl methyl sites for hydroxylation is 1. The molecule has 0 saturated carbocycles. The molecule has 1 amide bonds. The predicted octanol–water partition coefficient (Wildman–Crippen LogP) is 2.73. The van der Waals surface area contributed by atoms with Crippen LogP contribution in [0.2, 0.25) is 0 Å². The molecule has 0 aliphatic carbocycles. The zero-order chi connectivity index (χ0) is 21.6. The van der Waals surface area contributed by atoms with Gasteiger partial charge in [-0.25, -0.2) is 18.4 Å². The van der Waals surface area contributed by atoms with Crippen molar-refractivity contribution in [2.75, 3.05) is 26.2 Å². The topological polar surface area (TPSA) is 112 Å². The molecule has 0 unspecified atom stereocenters. The van der Waals surface area contributed by atoms with Gasteiger partial charge in [0.2, 0.25) is 10.0 Å². The highest BCUT2D eigenvalue weighted by molar-refractivity contribution is 7.89. The predicted molar refractivity (Wildman–Crippen MR) is 115 cm³/mol. The summed E-state index contributed by atoms with van der Waals surface area (Å²) >= 11 is 1.40. The summed E-state index contributed by atoms with van der Waals surface area (Å²) in [4.78, 5) is 27.2. The molecule has 0 radical (unpaired) electrons. The van der Waals surface area contributed by atoms with Crippen LogP contribution in [0.15, 0.2) is 52.2 Å². The molecule has 0 atom stereocenters. The Balaban J connectivity index is 1.32. The van der Waals surface area contributed by atoms with Crippen LogP contribution in [0.5, 0.6) is 0 Å². The van der Waals surface area contributed by atoms with Crippen molar-refractivity contribution in [2.45, 2.75) is 11.8 Å². The van der Waals surface area contributed by atoms with Crippen LogP contribution in [0, 0.1) is 6.92 Å². The van der Waals surface area contributed by atoms with Gasteiger partial charge >= 0.3 is 0 Å². The summed E-state index contributed by atoms with van der Waals surface area (Å²) in [6.45, 7) is 2.88. The zero-order valence-corrected chi connectivity index (χ0v) is 18.2. The molecule has 1 aliphatic rings. The molecule has 160 valence electrons. The van der Waals surface area contributed by atoms with E-state index < -0.39 is 10.0 Å². The fourth-order valence-corrected chi connectivity index (χ4v) is 6.11. The van der Waals surface area contributed by atoms with Crippen molar-refractivity contribution in [1.29, 1.82) is 0 Å². The minimum Gasteiger partial charge on any atom is -0.462 e. The second-order valence-corrected chi connectivity index (χ2v) is 10.3. The van der Waals surface area contributed by atoms with Crippen molar-refractivity contribution in [3.05, 3.63) is 53.5 Å². The molecule has 1 aliphatic heterocycles. The van der Waals surface area contributed by atoms with Crippen LogP contribution in [0.3, 0.4) is 0 Å². The first-order chi connectivity index (χ1) is 14.9. The average Bonchev–Trinajstić information content (AvgIpc) is 3.52. The number of H-pyrrole nitrogens is 1. The van der Waals surface area contributed by atoms with Crippen LogP contribution in [0.4, 0.5) is 0 Å². The first kappa shape index (κ1) is 19.9. The van der Waals surface area contributed by atoms with Gasteiger partial charge in [0, 0.05) is 48.8 Å². The Morgan fingerprint density at radius 1 is 1.19 bits per heavy atom. The highest BCUT2D eigenvalue weighted by atomic mass is 32.2. The van der Waals surface area contributed by atoms with Crippen LogP contribution >= 0.6 is 11.3 Å². The maximum absolute atomic E-state index is 13.2. The molecule has 1 N–H and O–H groups in total. The number of nitrogens with zero attached hydrogens (tertiary/aromatic N) is 4. The lowest BCUT2D eigenvalue weighted by Crippen LogP contribution is -2.50. The number of carbonyl (C=O) groups excluding carboxylic acids is 1. The third-order valence-electron chi connectivity index (χ3n) is 5.29. The Morgan fingerprint density at radius 3 is 2.74 bits per heavy atom. The van der Waals surface area contributed by atoms with E-state index in [2.05, 4.69) is 15.0 Å². The third-order valence-corrected chi connectivity index (χ3v) is 8.21. The summed E-state index contributed by atoms with van der Waals surface area (Å²) in [6.07, 6.45) is 4.65. The molecule has 31 heavy (non-hydrogen) atoms. The average molecular weight is 458 g/mol. The second kappa shape index (κ2) is 7.59. The van der Waals surface area contributed by atoms with Crippen LogP contribution in [0.1, 0.15) is 15.4 Å². The lowest BCUT2D eigenvalue weighted by molar-refractivity contribution is 0.0692. The lowest BCUT2D eigenvalue weighted by atomic mass is 10.3.